The van der Waals surface area contributed by atoms with Crippen LogP contribution in [0.15, 0.2) is 78.9 Å². The first-order valence-electron chi connectivity index (χ1n) is 8.57. The van der Waals surface area contributed by atoms with Crippen molar-refractivity contribution in [3.63, 3.8) is 0 Å². The Morgan fingerprint density at radius 2 is 1.48 bits per heavy atom. The number of aryl methyl sites for hydroxylation is 1. The average molecular weight is 371 g/mol. The number of nitrogens with one attached hydrogen (secondary N) is 1. The SMILES string of the molecule is Cc1cccc(NC(=O)c2sc(-c3ccccc3)nc2-c2ccccc2)n1. The predicted molar refractivity (Wildman–Crippen MR) is 110 cm³/mol. The van der Waals surface area contributed by atoms with Gasteiger partial charge in [-0.2, -0.15) is 0 Å². The van der Waals surface area contributed by atoms with E-state index in [2.05, 4.69) is 10.3 Å². The number of benzene rings is 2. The van der Waals surface area contributed by atoms with Crippen molar-refractivity contribution < 1.29 is 4.79 Å². The molecule has 1 N–H and O–H groups in total. The van der Waals surface area contributed by atoms with Crippen LogP contribution in [-0.2, 0) is 0 Å². The number of hydrogen-bond acceptors (Lipinski definition) is 4. The number of aromatic nitrogens is 2. The van der Waals surface area contributed by atoms with Gasteiger partial charge in [0.05, 0.1) is 5.69 Å². The standard InChI is InChI=1S/C22H17N3OS/c1-15-9-8-14-18(23-15)24-21(26)20-19(16-10-4-2-5-11-16)25-22(27-20)17-12-6-3-7-13-17/h2-14H,1H3,(H,23,24,26). The first-order chi connectivity index (χ1) is 13.2. The van der Waals surface area contributed by atoms with Gasteiger partial charge in [0.15, 0.2) is 0 Å². The zero-order valence-electron chi connectivity index (χ0n) is 14.7. The second-order valence-electron chi connectivity index (χ2n) is 6.05. The summed E-state index contributed by atoms with van der Waals surface area (Å²) in [6, 6.07) is 25.2. The fraction of sp³-hybridized carbons (Fsp3) is 0.0455. The van der Waals surface area contributed by atoms with Crippen molar-refractivity contribution in [2.75, 3.05) is 5.32 Å². The minimum atomic E-state index is -0.202. The van der Waals surface area contributed by atoms with Crippen molar-refractivity contribution in [2.45, 2.75) is 6.92 Å². The predicted octanol–water partition coefficient (Wildman–Crippen LogP) is 5.43. The van der Waals surface area contributed by atoms with Gasteiger partial charge in [-0.3, -0.25) is 4.79 Å². The minimum absolute atomic E-state index is 0.202. The fourth-order valence-corrected chi connectivity index (χ4v) is 3.74. The maximum atomic E-state index is 13.0. The molecule has 1 amide bonds. The molecule has 0 atom stereocenters. The van der Waals surface area contributed by atoms with E-state index in [0.717, 1.165) is 21.8 Å². The quantitative estimate of drug-likeness (QED) is 0.520. The molecule has 2 aromatic carbocycles. The van der Waals surface area contributed by atoms with Crippen LogP contribution in [0.2, 0.25) is 0 Å². The zero-order valence-corrected chi connectivity index (χ0v) is 15.5. The van der Waals surface area contributed by atoms with E-state index in [1.807, 2.05) is 79.7 Å². The summed E-state index contributed by atoms with van der Waals surface area (Å²) in [4.78, 5) is 22.7. The van der Waals surface area contributed by atoms with E-state index < -0.39 is 0 Å². The molecule has 0 aliphatic heterocycles. The molecule has 4 aromatic rings. The molecule has 0 saturated carbocycles. The normalized spacial score (nSPS) is 10.6. The van der Waals surface area contributed by atoms with Crippen molar-refractivity contribution in [1.29, 1.82) is 0 Å². The highest BCUT2D eigenvalue weighted by Gasteiger charge is 2.20. The smallest absolute Gasteiger partial charge is 0.269 e. The molecule has 4 rings (SSSR count). The number of amides is 1. The van der Waals surface area contributed by atoms with Crippen LogP contribution in [0.4, 0.5) is 5.82 Å². The van der Waals surface area contributed by atoms with Gasteiger partial charge in [0.25, 0.3) is 5.91 Å². The molecule has 0 saturated heterocycles. The van der Waals surface area contributed by atoms with Gasteiger partial charge >= 0.3 is 0 Å². The number of pyridine rings is 1. The number of anilines is 1. The highest BCUT2D eigenvalue weighted by Crippen LogP contribution is 2.34. The maximum absolute atomic E-state index is 13.0. The van der Waals surface area contributed by atoms with Gasteiger partial charge in [-0.25, -0.2) is 9.97 Å². The molecule has 2 heterocycles. The molecule has 0 aliphatic carbocycles. The van der Waals surface area contributed by atoms with Crippen LogP contribution in [0.3, 0.4) is 0 Å². The van der Waals surface area contributed by atoms with Crippen LogP contribution in [0, 0.1) is 6.92 Å². The molecule has 0 fully saturated rings. The maximum Gasteiger partial charge on any atom is 0.269 e. The van der Waals surface area contributed by atoms with Crippen molar-refractivity contribution >= 4 is 23.1 Å². The summed E-state index contributed by atoms with van der Waals surface area (Å²) in [5.74, 6) is 0.334. The third-order valence-electron chi connectivity index (χ3n) is 4.03. The molecule has 0 unspecified atom stereocenters. The lowest BCUT2D eigenvalue weighted by molar-refractivity contribution is 0.103. The van der Waals surface area contributed by atoms with E-state index >= 15 is 0 Å². The van der Waals surface area contributed by atoms with E-state index in [0.29, 0.717) is 16.4 Å². The third-order valence-corrected chi connectivity index (χ3v) is 5.13. The Morgan fingerprint density at radius 3 is 2.15 bits per heavy atom. The summed E-state index contributed by atoms with van der Waals surface area (Å²) < 4.78 is 0. The molecule has 4 nitrogen and oxygen atoms in total. The van der Waals surface area contributed by atoms with E-state index in [4.69, 9.17) is 4.98 Å². The summed E-state index contributed by atoms with van der Waals surface area (Å²) in [5.41, 5.74) is 3.45. The van der Waals surface area contributed by atoms with Gasteiger partial charge in [-0.15, -0.1) is 11.3 Å². The lowest BCUT2D eigenvalue weighted by Gasteiger charge is -2.05. The van der Waals surface area contributed by atoms with Crippen LogP contribution in [0.25, 0.3) is 21.8 Å². The Hall–Kier alpha value is -3.31. The lowest BCUT2D eigenvalue weighted by atomic mass is 10.1. The van der Waals surface area contributed by atoms with E-state index in [9.17, 15) is 4.79 Å². The van der Waals surface area contributed by atoms with Gasteiger partial charge in [0.1, 0.15) is 15.7 Å². The third kappa shape index (κ3) is 3.78. The molecular weight excluding hydrogens is 354 g/mol. The Morgan fingerprint density at radius 1 is 0.815 bits per heavy atom. The molecular formula is C22H17N3OS. The summed E-state index contributed by atoms with van der Waals surface area (Å²) in [6.45, 7) is 1.89. The van der Waals surface area contributed by atoms with Crippen LogP contribution in [-0.4, -0.2) is 15.9 Å². The molecule has 2 aromatic heterocycles. The van der Waals surface area contributed by atoms with Crippen molar-refractivity contribution in [3.8, 4) is 21.8 Å². The Kier molecular flexibility index (Phi) is 4.77. The van der Waals surface area contributed by atoms with Gasteiger partial charge in [-0.1, -0.05) is 66.7 Å². The largest absolute Gasteiger partial charge is 0.306 e. The van der Waals surface area contributed by atoms with Crippen molar-refractivity contribution in [2.24, 2.45) is 0 Å². The first-order valence-corrected chi connectivity index (χ1v) is 9.39. The first kappa shape index (κ1) is 17.1. The number of nitrogens with zero attached hydrogens (tertiary/aromatic N) is 2. The summed E-state index contributed by atoms with van der Waals surface area (Å²) >= 11 is 1.39. The van der Waals surface area contributed by atoms with E-state index in [1.54, 1.807) is 6.07 Å². The zero-order chi connectivity index (χ0) is 18.6. The molecule has 27 heavy (non-hydrogen) atoms. The second-order valence-corrected chi connectivity index (χ2v) is 7.05. The number of carbonyl (C=O) groups excluding carboxylic acids is 1. The average Bonchev–Trinajstić information content (AvgIpc) is 3.15. The fourth-order valence-electron chi connectivity index (χ4n) is 2.76. The van der Waals surface area contributed by atoms with Crippen LogP contribution in [0.1, 0.15) is 15.4 Å². The molecule has 0 bridgehead atoms. The second kappa shape index (κ2) is 7.51. The Bertz CT molecular complexity index is 1080. The topological polar surface area (TPSA) is 54.9 Å². The number of carbonyl (C=O) groups is 1. The molecule has 0 radical (unpaired) electrons. The van der Waals surface area contributed by atoms with Crippen LogP contribution in [0.5, 0.6) is 0 Å². The van der Waals surface area contributed by atoms with Gasteiger partial charge in [0.2, 0.25) is 0 Å². The number of rotatable bonds is 4. The van der Waals surface area contributed by atoms with Crippen LogP contribution >= 0.6 is 11.3 Å². The summed E-state index contributed by atoms with van der Waals surface area (Å²) in [7, 11) is 0. The highest BCUT2D eigenvalue weighted by molar-refractivity contribution is 7.17. The molecule has 5 heteroatoms. The molecule has 132 valence electrons. The van der Waals surface area contributed by atoms with Gasteiger partial charge < -0.3 is 5.32 Å². The number of hydrogen-bond donors (Lipinski definition) is 1. The molecule has 0 spiro atoms. The summed E-state index contributed by atoms with van der Waals surface area (Å²) in [6.07, 6.45) is 0. The molecule has 0 aliphatic rings. The highest BCUT2D eigenvalue weighted by atomic mass is 32.1. The minimum Gasteiger partial charge on any atom is -0.306 e. The van der Waals surface area contributed by atoms with Crippen LogP contribution < -0.4 is 5.32 Å². The van der Waals surface area contributed by atoms with Gasteiger partial charge in [0, 0.05) is 16.8 Å². The van der Waals surface area contributed by atoms with Crippen molar-refractivity contribution in [1.82, 2.24) is 9.97 Å². The lowest BCUT2D eigenvalue weighted by Crippen LogP contribution is -2.12. The van der Waals surface area contributed by atoms with E-state index in [1.165, 1.54) is 11.3 Å². The summed E-state index contributed by atoms with van der Waals surface area (Å²) in [5, 5.41) is 3.71. The van der Waals surface area contributed by atoms with E-state index in [-0.39, 0.29) is 5.91 Å². The Labute approximate surface area is 161 Å². The monoisotopic (exact) mass is 371 g/mol. The van der Waals surface area contributed by atoms with Gasteiger partial charge in [-0.05, 0) is 19.1 Å². The number of thiazole rings is 1. The van der Waals surface area contributed by atoms with Crippen molar-refractivity contribution in [3.05, 3.63) is 89.4 Å². The Balaban J connectivity index is 1.76.